The molecule has 0 spiro atoms. The van der Waals surface area contributed by atoms with Crippen molar-refractivity contribution < 1.29 is 73.2 Å². The number of amides is 2. The number of fused-ring (bicyclic) bond motifs is 1. The monoisotopic (exact) mass is 611 g/mol. The third-order valence-corrected chi connectivity index (χ3v) is 8.87. The second-order valence-corrected chi connectivity index (χ2v) is 12.8. The van der Waals surface area contributed by atoms with Crippen LogP contribution in [0.5, 0.6) is 0 Å². The number of carbonyl (C=O) groups excluding carboxylic acids is 5. The molecule has 2 saturated heterocycles. The SMILES string of the molecule is C[C@@H](O)[C@H]1C(=O)N2C(C(=O)[O-])=C(S[C@@H]3CN[C@H](C(=O)Nc4cccc(C(=O)OCOC(=O)C(C)(C)C)c4)C3)[C@H](C)[C@H]12.[Na+]. The van der Waals surface area contributed by atoms with E-state index in [1.807, 2.05) is 6.92 Å². The predicted octanol–water partition coefficient (Wildman–Crippen LogP) is -2.38. The van der Waals surface area contributed by atoms with Gasteiger partial charge in [0.25, 0.3) is 0 Å². The van der Waals surface area contributed by atoms with E-state index in [0.29, 0.717) is 23.6 Å². The molecule has 0 saturated carbocycles. The topological polar surface area (TPSA) is 174 Å². The maximum absolute atomic E-state index is 13.0. The van der Waals surface area contributed by atoms with Gasteiger partial charge >= 0.3 is 41.5 Å². The number of carboxylic acids is 1. The van der Waals surface area contributed by atoms with Crippen LogP contribution in [0.15, 0.2) is 34.9 Å². The number of carboxylic acid groups (broad SMARTS) is 1. The molecule has 0 unspecified atom stereocenters. The van der Waals surface area contributed by atoms with E-state index in [1.165, 1.54) is 35.7 Å². The summed E-state index contributed by atoms with van der Waals surface area (Å²) < 4.78 is 9.96. The first-order valence-electron chi connectivity index (χ1n) is 13.3. The Kier molecular flexibility index (Phi) is 10.9. The van der Waals surface area contributed by atoms with Gasteiger partial charge in [0.05, 0.1) is 46.8 Å². The molecule has 14 heteroatoms. The zero-order valence-electron chi connectivity index (χ0n) is 24.5. The Hall–Kier alpha value is -2.42. The van der Waals surface area contributed by atoms with E-state index in [2.05, 4.69) is 10.6 Å². The van der Waals surface area contributed by atoms with Gasteiger partial charge in [0, 0.05) is 28.3 Å². The molecule has 0 radical (unpaired) electrons. The number of esters is 2. The minimum atomic E-state index is -1.44. The maximum Gasteiger partial charge on any atom is 1.00 e. The van der Waals surface area contributed by atoms with Crippen LogP contribution in [0, 0.1) is 17.3 Å². The third-order valence-electron chi connectivity index (χ3n) is 7.36. The fourth-order valence-electron chi connectivity index (χ4n) is 5.23. The molecule has 3 aliphatic heterocycles. The summed E-state index contributed by atoms with van der Waals surface area (Å²) in [5.41, 5.74) is -0.358. The van der Waals surface area contributed by atoms with Gasteiger partial charge in [0.15, 0.2) is 0 Å². The zero-order valence-corrected chi connectivity index (χ0v) is 27.3. The van der Waals surface area contributed by atoms with E-state index in [1.54, 1.807) is 32.9 Å². The molecule has 2 amide bonds. The number of hydrogen-bond acceptors (Lipinski definition) is 11. The van der Waals surface area contributed by atoms with Crippen LogP contribution in [0.1, 0.15) is 51.4 Å². The van der Waals surface area contributed by atoms with Gasteiger partial charge in [0.2, 0.25) is 18.6 Å². The van der Waals surface area contributed by atoms with Gasteiger partial charge in [0.1, 0.15) is 0 Å². The van der Waals surface area contributed by atoms with Crippen molar-refractivity contribution in [3.8, 4) is 0 Å². The number of benzene rings is 1. The number of nitrogens with one attached hydrogen (secondary N) is 2. The number of ether oxygens (including phenoxy) is 2. The van der Waals surface area contributed by atoms with Crippen LogP contribution in [0.25, 0.3) is 0 Å². The van der Waals surface area contributed by atoms with E-state index in [9.17, 15) is 34.2 Å². The van der Waals surface area contributed by atoms with E-state index >= 15 is 0 Å². The fraction of sp³-hybridized carbons (Fsp3) is 0.536. The molecule has 222 valence electrons. The summed E-state index contributed by atoms with van der Waals surface area (Å²) in [5.74, 6) is -4.39. The van der Waals surface area contributed by atoms with Crippen molar-refractivity contribution in [1.82, 2.24) is 10.2 Å². The van der Waals surface area contributed by atoms with Crippen LogP contribution in [0.2, 0.25) is 0 Å². The average molecular weight is 612 g/mol. The van der Waals surface area contributed by atoms with Crippen molar-refractivity contribution >= 4 is 47.2 Å². The number of β-lactam (4-membered cyclic amide) rings is 1. The third kappa shape index (κ3) is 7.03. The Bertz CT molecular complexity index is 1300. The first-order valence-corrected chi connectivity index (χ1v) is 14.2. The van der Waals surface area contributed by atoms with Gasteiger partial charge in [-0.05, 0) is 52.3 Å². The number of aliphatic hydroxyl groups is 1. The summed E-state index contributed by atoms with van der Waals surface area (Å²) in [6.07, 6.45) is -0.502. The summed E-state index contributed by atoms with van der Waals surface area (Å²) in [7, 11) is 0. The molecule has 42 heavy (non-hydrogen) atoms. The van der Waals surface area contributed by atoms with Gasteiger partial charge in [-0.25, -0.2) is 4.79 Å². The van der Waals surface area contributed by atoms with Crippen LogP contribution < -0.4 is 45.3 Å². The standard InChI is InChI=1S/C28H35N3O9S.Na/c1-13-20-19(14(2)32)24(34)31(20)21(25(35)36)22(13)41-17-10-18(29-11-17)23(33)30-16-8-6-7-15(9-16)26(37)39-12-40-27(38)28(3,4)5;/h6-9,13-14,17-20,29,32H,10-12H2,1-5H3,(H,30,33)(H,35,36);/q;+1/p-1/t13-,14-,17+,18+,19-,20-;/m1./s1. The Balaban J connectivity index is 0.00000484. The van der Waals surface area contributed by atoms with Crippen LogP contribution in [0.4, 0.5) is 5.69 Å². The summed E-state index contributed by atoms with van der Waals surface area (Å²) in [6, 6.07) is 5.14. The van der Waals surface area contributed by atoms with Crippen molar-refractivity contribution in [2.75, 3.05) is 18.7 Å². The second-order valence-electron chi connectivity index (χ2n) is 11.5. The molecule has 6 atom stereocenters. The van der Waals surface area contributed by atoms with E-state index < -0.39 is 60.1 Å². The molecule has 12 nitrogen and oxygen atoms in total. The molecular weight excluding hydrogens is 577 g/mol. The first kappa shape index (κ1) is 34.1. The number of nitrogens with zero attached hydrogens (tertiary/aromatic N) is 1. The second kappa shape index (κ2) is 13.5. The van der Waals surface area contributed by atoms with Crippen LogP contribution in [0.3, 0.4) is 0 Å². The first-order chi connectivity index (χ1) is 19.2. The number of aliphatic hydroxyl groups excluding tert-OH is 1. The van der Waals surface area contributed by atoms with E-state index in [0.717, 1.165) is 0 Å². The maximum atomic E-state index is 13.0. The number of aliphatic carboxylic acids is 1. The predicted molar refractivity (Wildman–Crippen MR) is 146 cm³/mol. The number of carbonyl (C=O) groups is 5. The molecule has 4 rings (SSSR count). The summed E-state index contributed by atoms with van der Waals surface area (Å²) in [4.78, 5) is 63.4. The Morgan fingerprint density at radius 2 is 1.93 bits per heavy atom. The average Bonchev–Trinajstić information content (AvgIpc) is 3.45. The summed E-state index contributed by atoms with van der Waals surface area (Å²) in [5, 5.41) is 27.7. The fourth-order valence-corrected chi connectivity index (χ4v) is 6.71. The van der Waals surface area contributed by atoms with Crippen molar-refractivity contribution in [3.05, 3.63) is 40.4 Å². The van der Waals surface area contributed by atoms with Crippen molar-refractivity contribution in [3.63, 3.8) is 0 Å². The van der Waals surface area contributed by atoms with Crippen LogP contribution >= 0.6 is 11.8 Å². The summed E-state index contributed by atoms with van der Waals surface area (Å²) >= 11 is 1.31. The molecular formula is C28H34N3NaO9S. The number of hydrogen-bond donors (Lipinski definition) is 3. The van der Waals surface area contributed by atoms with Gasteiger partial charge in [-0.2, -0.15) is 0 Å². The van der Waals surface area contributed by atoms with Gasteiger partial charge in [-0.1, -0.05) is 13.0 Å². The Morgan fingerprint density at radius 1 is 1.24 bits per heavy atom. The molecule has 1 aromatic carbocycles. The van der Waals surface area contributed by atoms with Crippen molar-refractivity contribution in [2.24, 2.45) is 17.3 Å². The number of thioether (sulfide) groups is 1. The molecule has 3 heterocycles. The zero-order chi connectivity index (χ0) is 30.2. The van der Waals surface area contributed by atoms with Crippen molar-refractivity contribution in [1.29, 1.82) is 0 Å². The van der Waals surface area contributed by atoms with Crippen molar-refractivity contribution in [2.45, 2.75) is 64.5 Å². The van der Waals surface area contributed by atoms with Crippen LogP contribution in [-0.4, -0.2) is 76.5 Å². The number of anilines is 1. The smallest absolute Gasteiger partial charge is 0.543 e. The molecule has 0 bridgehead atoms. The normalized spacial score (nSPS) is 25.6. The molecule has 3 N–H and O–H groups in total. The minimum absolute atomic E-state index is 0. The molecule has 3 aliphatic rings. The molecule has 0 aliphatic carbocycles. The van der Waals surface area contributed by atoms with E-state index in [-0.39, 0.29) is 57.9 Å². The molecule has 0 aromatic heterocycles. The van der Waals surface area contributed by atoms with Gasteiger partial charge in [-0.15, -0.1) is 11.8 Å². The van der Waals surface area contributed by atoms with E-state index in [4.69, 9.17) is 9.47 Å². The quantitative estimate of drug-likeness (QED) is 0.118. The molecule has 1 aromatic rings. The van der Waals surface area contributed by atoms with Crippen LogP contribution in [-0.2, 0) is 28.7 Å². The summed E-state index contributed by atoms with van der Waals surface area (Å²) in [6.45, 7) is 8.28. The van der Waals surface area contributed by atoms with Gasteiger partial charge in [-0.3, -0.25) is 14.4 Å². The Labute approximate surface area is 270 Å². The molecule has 2 fully saturated rings. The minimum Gasteiger partial charge on any atom is -0.543 e. The van der Waals surface area contributed by atoms with Gasteiger partial charge < -0.3 is 40.0 Å². The Morgan fingerprint density at radius 3 is 2.55 bits per heavy atom. The number of rotatable bonds is 9. The largest absolute Gasteiger partial charge is 1.00 e.